The predicted molar refractivity (Wildman–Crippen MR) is 91.7 cm³/mol. The van der Waals surface area contributed by atoms with Crippen molar-refractivity contribution < 1.29 is 17.9 Å². The van der Waals surface area contributed by atoms with Gasteiger partial charge in [0.05, 0.1) is 23.6 Å². The molecule has 0 aliphatic carbocycles. The third-order valence-corrected chi connectivity index (χ3v) is 6.73. The molecule has 0 saturated carbocycles. The van der Waals surface area contributed by atoms with Crippen LogP contribution in [-0.4, -0.2) is 56.1 Å². The van der Waals surface area contributed by atoms with Gasteiger partial charge in [-0.1, -0.05) is 18.7 Å². The maximum Gasteiger partial charge on any atom is 0.164 e. The summed E-state index contributed by atoms with van der Waals surface area (Å²) in [6, 6.07) is 5.48. The smallest absolute Gasteiger partial charge is 0.164 e. The molecule has 0 unspecified atom stereocenters. The second kappa shape index (κ2) is 5.59. The molecule has 0 spiro atoms. The number of rotatable bonds is 2. The van der Waals surface area contributed by atoms with Crippen molar-refractivity contribution in [1.29, 1.82) is 0 Å². The Kier molecular flexibility index (Phi) is 3.68. The van der Waals surface area contributed by atoms with Crippen molar-refractivity contribution in [2.24, 2.45) is 4.99 Å². The number of benzene rings is 1. The zero-order valence-corrected chi connectivity index (χ0v) is 14.4. The summed E-state index contributed by atoms with van der Waals surface area (Å²) in [5.74, 6) is 2.64. The van der Waals surface area contributed by atoms with Gasteiger partial charge < -0.3 is 14.4 Å². The minimum atomic E-state index is -3.02. The maximum atomic E-state index is 12.0. The Morgan fingerprint density at radius 2 is 2.04 bits per heavy atom. The maximum absolute atomic E-state index is 12.0. The number of fused-ring (bicyclic) bond motifs is 2. The number of aliphatic imine (C=N–C) groups is 1. The fourth-order valence-electron chi connectivity index (χ4n) is 3.25. The lowest BCUT2D eigenvalue weighted by atomic mass is 10.1. The Hall–Kier alpha value is -1.41. The first-order chi connectivity index (χ1) is 11.1. The summed E-state index contributed by atoms with van der Waals surface area (Å²) in [5.41, 5.74) is 0.915. The van der Waals surface area contributed by atoms with Gasteiger partial charge in [-0.2, -0.15) is 0 Å². The molecular formula is C15H18N2O4S2. The van der Waals surface area contributed by atoms with E-state index in [1.807, 2.05) is 18.2 Å². The molecular weight excluding hydrogens is 336 g/mol. The lowest BCUT2D eigenvalue weighted by Gasteiger charge is -2.28. The number of hydrogen-bond donors (Lipinski definition) is 0. The highest BCUT2D eigenvalue weighted by Gasteiger charge is 2.47. The van der Waals surface area contributed by atoms with E-state index in [2.05, 4.69) is 16.8 Å². The SMILES string of the molecule is CCSC1=N[C@H]2CS(=O)(=O)C[C@@H]2N1c1ccc2c(c1)OCCO2. The summed E-state index contributed by atoms with van der Waals surface area (Å²) >= 11 is 1.65. The van der Waals surface area contributed by atoms with Crippen LogP contribution in [0.2, 0.25) is 0 Å². The Balaban J connectivity index is 1.72. The third kappa shape index (κ3) is 2.67. The average Bonchev–Trinajstić information content (AvgIpc) is 2.98. The van der Waals surface area contributed by atoms with Crippen molar-refractivity contribution in [2.75, 3.05) is 35.4 Å². The predicted octanol–water partition coefficient (Wildman–Crippen LogP) is 1.55. The Morgan fingerprint density at radius 1 is 1.26 bits per heavy atom. The van der Waals surface area contributed by atoms with E-state index in [0.717, 1.165) is 22.4 Å². The van der Waals surface area contributed by atoms with Crippen LogP contribution >= 0.6 is 11.8 Å². The van der Waals surface area contributed by atoms with Gasteiger partial charge in [0, 0.05) is 11.8 Å². The van der Waals surface area contributed by atoms with Crippen molar-refractivity contribution in [3.8, 4) is 11.5 Å². The van der Waals surface area contributed by atoms with Crippen LogP contribution in [0.5, 0.6) is 11.5 Å². The lowest BCUT2D eigenvalue weighted by Crippen LogP contribution is -2.39. The van der Waals surface area contributed by atoms with E-state index >= 15 is 0 Å². The number of hydrogen-bond acceptors (Lipinski definition) is 7. The summed E-state index contributed by atoms with van der Waals surface area (Å²) in [7, 11) is -3.02. The number of anilines is 1. The molecule has 2 atom stereocenters. The zero-order valence-electron chi connectivity index (χ0n) is 12.8. The molecule has 1 fully saturated rings. The van der Waals surface area contributed by atoms with Crippen LogP contribution in [0.15, 0.2) is 23.2 Å². The summed E-state index contributed by atoms with van der Waals surface area (Å²) in [6.45, 7) is 3.15. The van der Waals surface area contributed by atoms with Gasteiger partial charge in [0.25, 0.3) is 0 Å². The molecule has 0 aromatic heterocycles. The lowest BCUT2D eigenvalue weighted by molar-refractivity contribution is 0.171. The quantitative estimate of drug-likeness (QED) is 0.803. The van der Waals surface area contributed by atoms with Gasteiger partial charge >= 0.3 is 0 Å². The number of amidine groups is 1. The van der Waals surface area contributed by atoms with Crippen LogP contribution < -0.4 is 14.4 Å². The first-order valence-electron chi connectivity index (χ1n) is 7.67. The minimum absolute atomic E-state index is 0.114. The van der Waals surface area contributed by atoms with E-state index < -0.39 is 9.84 Å². The van der Waals surface area contributed by atoms with E-state index in [-0.39, 0.29) is 23.6 Å². The highest BCUT2D eigenvalue weighted by atomic mass is 32.2. The molecule has 0 N–H and O–H groups in total. The number of sulfone groups is 1. The molecule has 1 saturated heterocycles. The van der Waals surface area contributed by atoms with Gasteiger partial charge in [-0.3, -0.25) is 4.99 Å². The van der Waals surface area contributed by atoms with Crippen LogP contribution in [0.1, 0.15) is 6.92 Å². The minimum Gasteiger partial charge on any atom is -0.486 e. The molecule has 3 aliphatic heterocycles. The molecule has 8 heteroatoms. The van der Waals surface area contributed by atoms with E-state index in [1.165, 1.54) is 0 Å². The first-order valence-corrected chi connectivity index (χ1v) is 10.5. The molecule has 1 aromatic rings. The standard InChI is InChI=1S/C15H18N2O4S2/c1-2-22-15-16-11-8-23(18,19)9-12(11)17(15)10-3-4-13-14(7-10)21-6-5-20-13/h3-4,7,11-12H,2,5-6,8-9H2,1H3/t11-,12-/m0/s1. The third-order valence-electron chi connectivity index (χ3n) is 4.18. The second-order valence-electron chi connectivity index (χ2n) is 5.75. The average molecular weight is 354 g/mol. The Morgan fingerprint density at radius 3 is 2.83 bits per heavy atom. The zero-order chi connectivity index (χ0) is 16.0. The number of ether oxygens (including phenoxy) is 2. The van der Waals surface area contributed by atoms with Crippen molar-refractivity contribution in [1.82, 2.24) is 0 Å². The fraction of sp³-hybridized carbons (Fsp3) is 0.533. The highest BCUT2D eigenvalue weighted by Crippen LogP contribution is 2.39. The molecule has 3 aliphatic rings. The van der Waals surface area contributed by atoms with E-state index in [9.17, 15) is 8.42 Å². The van der Waals surface area contributed by atoms with Gasteiger partial charge in [-0.25, -0.2) is 8.42 Å². The molecule has 0 amide bonds. The topological polar surface area (TPSA) is 68.2 Å². The van der Waals surface area contributed by atoms with Crippen molar-refractivity contribution >= 4 is 32.5 Å². The summed E-state index contributed by atoms with van der Waals surface area (Å²) in [6.07, 6.45) is 0. The van der Waals surface area contributed by atoms with Crippen molar-refractivity contribution in [3.05, 3.63) is 18.2 Å². The number of thioether (sulfide) groups is 1. The van der Waals surface area contributed by atoms with Crippen LogP contribution in [-0.2, 0) is 9.84 Å². The molecule has 0 radical (unpaired) electrons. The molecule has 3 heterocycles. The van der Waals surface area contributed by atoms with Crippen molar-refractivity contribution in [3.63, 3.8) is 0 Å². The Labute approximate surface area is 139 Å². The van der Waals surface area contributed by atoms with Gasteiger partial charge in [0.15, 0.2) is 26.5 Å². The molecule has 6 nitrogen and oxygen atoms in total. The monoisotopic (exact) mass is 354 g/mol. The molecule has 0 bridgehead atoms. The van der Waals surface area contributed by atoms with Gasteiger partial charge in [-0.15, -0.1) is 0 Å². The van der Waals surface area contributed by atoms with E-state index in [4.69, 9.17) is 9.47 Å². The van der Waals surface area contributed by atoms with Crippen molar-refractivity contribution in [2.45, 2.75) is 19.0 Å². The van der Waals surface area contributed by atoms with E-state index in [1.54, 1.807) is 11.8 Å². The van der Waals surface area contributed by atoms with Gasteiger partial charge in [0.2, 0.25) is 0 Å². The molecule has 124 valence electrons. The largest absolute Gasteiger partial charge is 0.486 e. The van der Waals surface area contributed by atoms with Crippen LogP contribution in [0.4, 0.5) is 5.69 Å². The number of nitrogens with zero attached hydrogens (tertiary/aromatic N) is 2. The van der Waals surface area contributed by atoms with Crippen LogP contribution in [0.3, 0.4) is 0 Å². The molecule has 4 rings (SSSR count). The summed E-state index contributed by atoms with van der Waals surface area (Å²) < 4.78 is 35.2. The molecule has 23 heavy (non-hydrogen) atoms. The van der Waals surface area contributed by atoms with E-state index in [0.29, 0.717) is 19.0 Å². The van der Waals surface area contributed by atoms with Gasteiger partial charge in [-0.05, 0) is 17.9 Å². The van der Waals surface area contributed by atoms with Crippen LogP contribution in [0.25, 0.3) is 0 Å². The normalized spacial score (nSPS) is 27.7. The molecule has 1 aromatic carbocycles. The Bertz CT molecular complexity index is 763. The fourth-order valence-corrected chi connectivity index (χ4v) is 5.94. The highest BCUT2D eigenvalue weighted by molar-refractivity contribution is 8.14. The van der Waals surface area contributed by atoms with Gasteiger partial charge in [0.1, 0.15) is 13.2 Å². The second-order valence-corrected chi connectivity index (χ2v) is 9.14. The first kappa shape index (κ1) is 15.1. The summed E-state index contributed by atoms with van der Waals surface area (Å²) in [5, 5.41) is 0.897. The van der Waals surface area contributed by atoms with Crippen LogP contribution in [0, 0.1) is 0 Å². The summed E-state index contributed by atoms with van der Waals surface area (Å²) in [4.78, 5) is 6.72.